The van der Waals surface area contributed by atoms with E-state index >= 15 is 0 Å². The molecule has 0 spiro atoms. The normalized spacial score (nSPS) is 19.0. The van der Waals surface area contributed by atoms with Crippen LogP contribution in [0.4, 0.5) is 0 Å². The van der Waals surface area contributed by atoms with Gasteiger partial charge in [0.25, 0.3) is 0 Å². The van der Waals surface area contributed by atoms with Crippen molar-refractivity contribution >= 4 is 0 Å². The topological polar surface area (TPSA) is 0 Å². The van der Waals surface area contributed by atoms with Crippen molar-refractivity contribution in [2.45, 2.75) is 131 Å². The highest BCUT2D eigenvalue weighted by Crippen LogP contribution is 2.55. The van der Waals surface area contributed by atoms with Crippen molar-refractivity contribution in [1.82, 2.24) is 0 Å². The zero-order valence-electron chi connectivity index (χ0n) is 19.2. The molecule has 0 nitrogen and oxygen atoms in total. The Morgan fingerprint density at radius 3 is 1.92 bits per heavy atom. The standard InChI is InChI=1S/C26H50/c1-7-9-10-11-12-13-14-15-16-25(22(3)4)18-17-23(5)21-26(19-20-26)24(6)8-2/h21-22,24-25H,7-20H2,1-6H3. The van der Waals surface area contributed by atoms with E-state index in [4.69, 9.17) is 0 Å². The van der Waals surface area contributed by atoms with Crippen LogP contribution < -0.4 is 0 Å². The maximum atomic E-state index is 2.68. The van der Waals surface area contributed by atoms with Gasteiger partial charge in [-0.25, -0.2) is 0 Å². The maximum absolute atomic E-state index is 2.68. The average molecular weight is 363 g/mol. The van der Waals surface area contributed by atoms with Crippen LogP contribution in [0.2, 0.25) is 0 Å². The first-order valence-electron chi connectivity index (χ1n) is 12.1. The predicted octanol–water partition coefficient (Wildman–Crippen LogP) is 9.34. The van der Waals surface area contributed by atoms with Gasteiger partial charge in [-0.3, -0.25) is 0 Å². The number of hydrogen-bond acceptors (Lipinski definition) is 0. The van der Waals surface area contributed by atoms with Gasteiger partial charge in [-0.2, -0.15) is 0 Å². The fraction of sp³-hybridized carbons (Fsp3) is 0.923. The van der Waals surface area contributed by atoms with Crippen LogP contribution in [0.1, 0.15) is 131 Å². The largest absolute Gasteiger partial charge is 0.0791 e. The summed E-state index contributed by atoms with van der Waals surface area (Å²) in [6.45, 7) is 14.4. The van der Waals surface area contributed by atoms with E-state index in [1.165, 1.54) is 89.9 Å². The Morgan fingerprint density at radius 1 is 0.846 bits per heavy atom. The highest BCUT2D eigenvalue weighted by atomic mass is 14.5. The molecule has 0 N–H and O–H groups in total. The molecular formula is C26H50. The molecule has 1 aliphatic carbocycles. The minimum atomic E-state index is 0.587. The van der Waals surface area contributed by atoms with Crippen LogP contribution in [-0.4, -0.2) is 0 Å². The van der Waals surface area contributed by atoms with E-state index in [9.17, 15) is 0 Å². The summed E-state index contributed by atoms with van der Waals surface area (Å²) in [5, 5.41) is 0. The third kappa shape index (κ3) is 9.09. The first-order chi connectivity index (χ1) is 12.4. The van der Waals surface area contributed by atoms with E-state index in [1.54, 1.807) is 5.57 Å². The second-order valence-electron chi connectivity index (χ2n) is 9.84. The van der Waals surface area contributed by atoms with Crippen LogP contribution in [-0.2, 0) is 0 Å². The lowest BCUT2D eigenvalue weighted by Gasteiger charge is -2.23. The Morgan fingerprint density at radius 2 is 1.42 bits per heavy atom. The quantitative estimate of drug-likeness (QED) is 0.189. The smallest absolute Gasteiger partial charge is 0.00895 e. The second-order valence-corrected chi connectivity index (χ2v) is 9.84. The van der Waals surface area contributed by atoms with Crippen LogP contribution >= 0.6 is 0 Å². The zero-order valence-corrected chi connectivity index (χ0v) is 19.2. The van der Waals surface area contributed by atoms with Crippen molar-refractivity contribution < 1.29 is 0 Å². The van der Waals surface area contributed by atoms with Gasteiger partial charge in [0.15, 0.2) is 0 Å². The van der Waals surface area contributed by atoms with Crippen LogP contribution in [0.25, 0.3) is 0 Å². The monoisotopic (exact) mass is 362 g/mol. The van der Waals surface area contributed by atoms with E-state index in [2.05, 4.69) is 47.6 Å². The Hall–Kier alpha value is -0.260. The summed E-state index contributed by atoms with van der Waals surface area (Å²) in [4.78, 5) is 0. The molecule has 0 aromatic rings. The molecule has 1 fully saturated rings. The lowest BCUT2D eigenvalue weighted by molar-refractivity contribution is 0.323. The van der Waals surface area contributed by atoms with Gasteiger partial charge in [-0.1, -0.05) is 110 Å². The van der Waals surface area contributed by atoms with Gasteiger partial charge in [0.2, 0.25) is 0 Å². The van der Waals surface area contributed by atoms with Gasteiger partial charge in [0.05, 0.1) is 0 Å². The van der Waals surface area contributed by atoms with Gasteiger partial charge >= 0.3 is 0 Å². The molecule has 1 saturated carbocycles. The van der Waals surface area contributed by atoms with Gasteiger partial charge in [-0.05, 0) is 55.8 Å². The SMILES string of the molecule is CCCCCCCCCCC(CCC(C)=CC1(C(C)CC)CC1)C(C)C. The number of allylic oxidation sites excluding steroid dienone is 2. The highest BCUT2D eigenvalue weighted by Gasteiger charge is 2.44. The van der Waals surface area contributed by atoms with Crippen LogP contribution in [0.3, 0.4) is 0 Å². The average Bonchev–Trinajstić information content (AvgIpc) is 3.39. The Kier molecular flexibility index (Phi) is 11.9. The summed E-state index contributed by atoms with van der Waals surface area (Å²) < 4.78 is 0. The first kappa shape index (κ1) is 23.8. The predicted molar refractivity (Wildman–Crippen MR) is 120 cm³/mol. The molecule has 0 aromatic heterocycles. The molecule has 0 amide bonds. The van der Waals surface area contributed by atoms with E-state index in [0.717, 1.165) is 17.8 Å². The molecule has 0 heteroatoms. The van der Waals surface area contributed by atoms with E-state index < -0.39 is 0 Å². The summed E-state index contributed by atoms with van der Waals surface area (Å²) >= 11 is 0. The van der Waals surface area contributed by atoms with Crippen molar-refractivity contribution in [3.8, 4) is 0 Å². The summed E-state index contributed by atoms with van der Waals surface area (Å²) in [6.07, 6.45) is 22.6. The van der Waals surface area contributed by atoms with Crippen LogP contribution in [0.15, 0.2) is 11.6 Å². The third-order valence-corrected chi connectivity index (χ3v) is 7.24. The van der Waals surface area contributed by atoms with Gasteiger partial charge in [-0.15, -0.1) is 0 Å². The molecule has 0 heterocycles. The van der Waals surface area contributed by atoms with Crippen molar-refractivity contribution in [2.24, 2.45) is 23.2 Å². The van der Waals surface area contributed by atoms with Crippen molar-refractivity contribution in [3.63, 3.8) is 0 Å². The van der Waals surface area contributed by atoms with E-state index in [0.29, 0.717) is 5.41 Å². The first-order valence-corrected chi connectivity index (χ1v) is 12.1. The molecule has 2 atom stereocenters. The summed E-state index contributed by atoms with van der Waals surface area (Å²) in [7, 11) is 0. The summed E-state index contributed by atoms with van der Waals surface area (Å²) in [5.74, 6) is 2.64. The van der Waals surface area contributed by atoms with E-state index in [-0.39, 0.29) is 0 Å². The van der Waals surface area contributed by atoms with E-state index in [1.807, 2.05) is 0 Å². The van der Waals surface area contributed by atoms with Gasteiger partial charge in [0.1, 0.15) is 0 Å². The zero-order chi connectivity index (χ0) is 19.4. The third-order valence-electron chi connectivity index (χ3n) is 7.24. The highest BCUT2D eigenvalue weighted by molar-refractivity contribution is 5.16. The minimum Gasteiger partial charge on any atom is -0.0791 e. The lowest BCUT2D eigenvalue weighted by atomic mass is 9.83. The molecular weight excluding hydrogens is 312 g/mol. The molecule has 154 valence electrons. The van der Waals surface area contributed by atoms with Crippen molar-refractivity contribution in [2.75, 3.05) is 0 Å². The Balaban J connectivity index is 2.24. The minimum absolute atomic E-state index is 0.587. The van der Waals surface area contributed by atoms with Crippen molar-refractivity contribution in [3.05, 3.63) is 11.6 Å². The molecule has 2 unspecified atom stereocenters. The maximum Gasteiger partial charge on any atom is -0.00895 e. The molecule has 0 saturated heterocycles. The van der Waals surface area contributed by atoms with Crippen LogP contribution in [0, 0.1) is 23.2 Å². The lowest BCUT2D eigenvalue weighted by Crippen LogP contribution is -2.11. The molecule has 0 radical (unpaired) electrons. The Labute approximate surface area is 166 Å². The Bertz CT molecular complexity index is 371. The van der Waals surface area contributed by atoms with Crippen LogP contribution in [0.5, 0.6) is 0 Å². The number of unbranched alkanes of at least 4 members (excludes halogenated alkanes) is 7. The van der Waals surface area contributed by atoms with Gasteiger partial charge in [0, 0.05) is 0 Å². The molecule has 1 aliphatic rings. The molecule has 26 heavy (non-hydrogen) atoms. The van der Waals surface area contributed by atoms with Gasteiger partial charge < -0.3 is 0 Å². The fourth-order valence-corrected chi connectivity index (χ4v) is 4.66. The number of hydrogen-bond donors (Lipinski definition) is 0. The molecule has 0 aromatic carbocycles. The second kappa shape index (κ2) is 13.0. The fourth-order valence-electron chi connectivity index (χ4n) is 4.66. The molecule has 0 aliphatic heterocycles. The van der Waals surface area contributed by atoms with Crippen molar-refractivity contribution in [1.29, 1.82) is 0 Å². The summed E-state index contributed by atoms with van der Waals surface area (Å²) in [6, 6.07) is 0. The molecule has 1 rings (SSSR count). The summed E-state index contributed by atoms with van der Waals surface area (Å²) in [5.41, 5.74) is 2.26. The number of rotatable bonds is 16. The molecule has 0 bridgehead atoms.